The Morgan fingerprint density at radius 2 is 2.00 bits per heavy atom. The number of benzene rings is 1. The largest absolute Gasteiger partial charge is 0.382 e. The van der Waals surface area contributed by atoms with Gasteiger partial charge in [0.25, 0.3) is 0 Å². The van der Waals surface area contributed by atoms with Gasteiger partial charge in [0.05, 0.1) is 23.4 Å². The molecule has 0 radical (unpaired) electrons. The van der Waals surface area contributed by atoms with Gasteiger partial charge in [-0.25, -0.2) is 8.78 Å². The third kappa shape index (κ3) is 3.14. The predicted octanol–water partition coefficient (Wildman–Crippen LogP) is 2.67. The second kappa shape index (κ2) is 5.11. The normalized spacial score (nSPS) is 11.1. The van der Waals surface area contributed by atoms with E-state index in [9.17, 15) is 8.78 Å². The number of nitrogens with zero attached hydrogens (tertiary/aromatic N) is 1. The van der Waals surface area contributed by atoms with Crippen molar-refractivity contribution in [1.82, 2.24) is 0 Å². The average molecular weight is 240 g/mol. The van der Waals surface area contributed by atoms with Crippen molar-refractivity contribution in [2.24, 2.45) is 0 Å². The first-order valence-electron chi connectivity index (χ1n) is 5.06. The summed E-state index contributed by atoms with van der Waals surface area (Å²) in [6, 6.07) is 4.17. The lowest BCUT2D eigenvalue weighted by Crippen LogP contribution is -2.36. The van der Waals surface area contributed by atoms with Gasteiger partial charge in [0.2, 0.25) is 0 Å². The molecule has 0 saturated carbocycles. The van der Waals surface area contributed by atoms with Gasteiger partial charge in [0.1, 0.15) is 6.07 Å². The molecular weight excluding hydrogens is 226 g/mol. The molecule has 0 heterocycles. The maximum absolute atomic E-state index is 13.6. The Bertz CT molecular complexity index is 453. The first kappa shape index (κ1) is 13.4. The van der Waals surface area contributed by atoms with Crippen molar-refractivity contribution in [3.05, 3.63) is 29.3 Å². The van der Waals surface area contributed by atoms with Gasteiger partial charge < -0.3 is 10.1 Å². The summed E-state index contributed by atoms with van der Waals surface area (Å²) in [7, 11) is 1.53. The van der Waals surface area contributed by atoms with Crippen LogP contribution in [-0.4, -0.2) is 19.3 Å². The number of methoxy groups -OCH3 is 1. The number of hydrogen-bond donors (Lipinski definition) is 1. The SMILES string of the molecule is COCC(C)(C)Nc1ccc(C#N)c(F)c1F. The molecule has 0 saturated heterocycles. The van der Waals surface area contributed by atoms with Crippen LogP contribution in [0.15, 0.2) is 12.1 Å². The number of rotatable bonds is 4. The molecule has 5 heteroatoms. The van der Waals surface area contributed by atoms with E-state index >= 15 is 0 Å². The highest BCUT2D eigenvalue weighted by atomic mass is 19.2. The standard InChI is InChI=1S/C12H14F2N2O/c1-12(2,7-17-3)16-9-5-4-8(6-15)10(13)11(9)14/h4-5,16H,7H2,1-3H3. The van der Waals surface area contributed by atoms with Crippen molar-refractivity contribution in [2.45, 2.75) is 19.4 Å². The zero-order chi connectivity index (χ0) is 13.1. The summed E-state index contributed by atoms with van der Waals surface area (Å²) in [6.45, 7) is 3.94. The van der Waals surface area contributed by atoms with Gasteiger partial charge in [-0.3, -0.25) is 0 Å². The van der Waals surface area contributed by atoms with E-state index in [2.05, 4.69) is 5.32 Å². The fourth-order valence-electron chi connectivity index (χ4n) is 1.49. The number of anilines is 1. The van der Waals surface area contributed by atoms with Crippen LogP contribution in [0.4, 0.5) is 14.5 Å². The van der Waals surface area contributed by atoms with Crippen LogP contribution in [-0.2, 0) is 4.74 Å². The molecule has 0 bridgehead atoms. The molecule has 0 amide bonds. The number of nitrogens with one attached hydrogen (secondary N) is 1. The van der Waals surface area contributed by atoms with Gasteiger partial charge >= 0.3 is 0 Å². The number of hydrogen-bond acceptors (Lipinski definition) is 3. The molecule has 0 aliphatic carbocycles. The topological polar surface area (TPSA) is 45.0 Å². The van der Waals surface area contributed by atoms with Crippen LogP contribution in [0.25, 0.3) is 0 Å². The maximum atomic E-state index is 13.6. The minimum Gasteiger partial charge on any atom is -0.382 e. The number of nitriles is 1. The minimum atomic E-state index is -1.13. The molecule has 3 nitrogen and oxygen atoms in total. The van der Waals surface area contributed by atoms with Gasteiger partial charge in [0, 0.05) is 7.11 Å². The Morgan fingerprint density at radius 3 is 2.53 bits per heavy atom. The van der Waals surface area contributed by atoms with E-state index in [0.29, 0.717) is 6.61 Å². The Labute approximate surface area is 99.0 Å². The Kier molecular flexibility index (Phi) is 4.02. The van der Waals surface area contributed by atoms with E-state index in [1.165, 1.54) is 19.2 Å². The zero-order valence-electron chi connectivity index (χ0n) is 9.97. The monoisotopic (exact) mass is 240 g/mol. The van der Waals surface area contributed by atoms with E-state index in [1.807, 2.05) is 0 Å². The molecule has 1 N–H and O–H groups in total. The van der Waals surface area contributed by atoms with Gasteiger partial charge in [-0.1, -0.05) is 0 Å². The molecular formula is C12H14F2N2O. The summed E-state index contributed by atoms with van der Waals surface area (Å²) in [4.78, 5) is 0. The summed E-state index contributed by atoms with van der Waals surface area (Å²) in [5.41, 5.74) is -0.822. The lowest BCUT2D eigenvalue weighted by molar-refractivity contribution is 0.158. The Morgan fingerprint density at radius 1 is 1.35 bits per heavy atom. The maximum Gasteiger partial charge on any atom is 0.183 e. The minimum absolute atomic E-state index is 0.0172. The summed E-state index contributed by atoms with van der Waals surface area (Å²) in [6.07, 6.45) is 0. The molecule has 0 aromatic heterocycles. The van der Waals surface area contributed by atoms with E-state index in [0.717, 1.165) is 0 Å². The molecule has 1 aromatic carbocycles. The smallest absolute Gasteiger partial charge is 0.183 e. The molecule has 0 aliphatic rings. The van der Waals surface area contributed by atoms with Crippen molar-refractivity contribution in [3.63, 3.8) is 0 Å². The third-order valence-corrected chi connectivity index (χ3v) is 2.18. The molecule has 17 heavy (non-hydrogen) atoms. The molecule has 0 spiro atoms. The van der Waals surface area contributed by atoms with Crippen molar-refractivity contribution in [2.75, 3.05) is 19.0 Å². The van der Waals surface area contributed by atoms with E-state index < -0.39 is 17.2 Å². The van der Waals surface area contributed by atoms with Crippen LogP contribution in [0, 0.1) is 23.0 Å². The highest BCUT2D eigenvalue weighted by Crippen LogP contribution is 2.23. The lowest BCUT2D eigenvalue weighted by atomic mass is 10.1. The van der Waals surface area contributed by atoms with Crippen molar-refractivity contribution in [1.29, 1.82) is 5.26 Å². The van der Waals surface area contributed by atoms with Gasteiger partial charge in [-0.15, -0.1) is 0 Å². The number of ether oxygens (including phenoxy) is 1. The van der Waals surface area contributed by atoms with Crippen LogP contribution in [0.2, 0.25) is 0 Å². The van der Waals surface area contributed by atoms with Gasteiger partial charge in [-0.05, 0) is 26.0 Å². The Hall–Kier alpha value is -1.67. The zero-order valence-corrected chi connectivity index (χ0v) is 9.97. The number of halogens is 2. The summed E-state index contributed by atoms with van der Waals surface area (Å²) >= 11 is 0. The van der Waals surface area contributed by atoms with Crippen LogP contribution >= 0.6 is 0 Å². The second-order valence-electron chi connectivity index (χ2n) is 4.34. The molecule has 1 rings (SSSR count). The van der Waals surface area contributed by atoms with Crippen molar-refractivity contribution < 1.29 is 13.5 Å². The molecule has 92 valence electrons. The van der Waals surface area contributed by atoms with Crippen molar-refractivity contribution in [3.8, 4) is 6.07 Å². The van der Waals surface area contributed by atoms with Crippen LogP contribution in [0.3, 0.4) is 0 Å². The van der Waals surface area contributed by atoms with Crippen LogP contribution < -0.4 is 5.32 Å². The molecule has 0 unspecified atom stereocenters. The fourth-order valence-corrected chi connectivity index (χ4v) is 1.49. The van der Waals surface area contributed by atoms with E-state index in [1.54, 1.807) is 19.9 Å². The summed E-state index contributed by atoms with van der Waals surface area (Å²) < 4.78 is 31.9. The molecule has 0 fully saturated rings. The lowest BCUT2D eigenvalue weighted by Gasteiger charge is -2.26. The predicted molar refractivity (Wildman–Crippen MR) is 60.7 cm³/mol. The molecule has 0 atom stereocenters. The van der Waals surface area contributed by atoms with E-state index in [4.69, 9.17) is 10.00 Å². The highest BCUT2D eigenvalue weighted by Gasteiger charge is 2.21. The summed E-state index contributed by atoms with van der Waals surface area (Å²) in [5, 5.41) is 11.4. The Balaban J connectivity index is 3.02. The summed E-state index contributed by atoms with van der Waals surface area (Å²) in [5.74, 6) is -2.18. The highest BCUT2D eigenvalue weighted by molar-refractivity contribution is 5.51. The van der Waals surface area contributed by atoms with Crippen LogP contribution in [0.5, 0.6) is 0 Å². The van der Waals surface area contributed by atoms with Gasteiger partial charge in [0.15, 0.2) is 11.6 Å². The molecule has 1 aromatic rings. The fraction of sp³-hybridized carbons (Fsp3) is 0.417. The average Bonchev–Trinajstić information content (AvgIpc) is 2.25. The quantitative estimate of drug-likeness (QED) is 0.880. The second-order valence-corrected chi connectivity index (χ2v) is 4.34. The van der Waals surface area contributed by atoms with Crippen LogP contribution in [0.1, 0.15) is 19.4 Å². The first-order chi connectivity index (χ1) is 7.91. The van der Waals surface area contributed by atoms with Crippen molar-refractivity contribution >= 4 is 5.69 Å². The first-order valence-corrected chi connectivity index (χ1v) is 5.06. The van der Waals surface area contributed by atoms with Gasteiger partial charge in [-0.2, -0.15) is 5.26 Å². The van der Waals surface area contributed by atoms with E-state index in [-0.39, 0.29) is 11.3 Å². The third-order valence-electron chi connectivity index (χ3n) is 2.18. The molecule has 0 aliphatic heterocycles.